The lowest BCUT2D eigenvalue weighted by molar-refractivity contribution is 0.0943. The molecule has 1 heterocycles. The SMILES string of the molecule is CC1CC1NC(=O)c1cccc(F)n1. The maximum atomic E-state index is 12.7. The van der Waals surface area contributed by atoms with Gasteiger partial charge in [0.15, 0.2) is 0 Å². The molecule has 74 valence electrons. The first-order valence-electron chi connectivity index (χ1n) is 4.60. The largest absolute Gasteiger partial charge is 0.348 e. The maximum Gasteiger partial charge on any atom is 0.270 e. The van der Waals surface area contributed by atoms with Crippen molar-refractivity contribution >= 4 is 5.91 Å². The molecule has 14 heavy (non-hydrogen) atoms. The van der Waals surface area contributed by atoms with Crippen molar-refractivity contribution in [1.29, 1.82) is 0 Å². The van der Waals surface area contributed by atoms with E-state index in [2.05, 4.69) is 17.2 Å². The first-order chi connectivity index (χ1) is 6.66. The average molecular weight is 194 g/mol. The first-order valence-corrected chi connectivity index (χ1v) is 4.60. The highest BCUT2D eigenvalue weighted by atomic mass is 19.1. The number of carbonyl (C=O) groups is 1. The van der Waals surface area contributed by atoms with E-state index in [0.717, 1.165) is 6.42 Å². The molecule has 1 fully saturated rings. The van der Waals surface area contributed by atoms with Gasteiger partial charge in [-0.2, -0.15) is 4.39 Å². The van der Waals surface area contributed by atoms with Crippen molar-refractivity contribution in [2.24, 2.45) is 5.92 Å². The minimum absolute atomic E-state index is 0.143. The average Bonchev–Trinajstić information content (AvgIpc) is 2.81. The Hall–Kier alpha value is -1.45. The van der Waals surface area contributed by atoms with Gasteiger partial charge in [0.25, 0.3) is 5.91 Å². The van der Waals surface area contributed by atoms with Crippen LogP contribution in [0.15, 0.2) is 18.2 Å². The fraction of sp³-hybridized carbons (Fsp3) is 0.400. The van der Waals surface area contributed by atoms with E-state index in [1.54, 1.807) is 0 Å². The van der Waals surface area contributed by atoms with Gasteiger partial charge in [-0.25, -0.2) is 4.98 Å². The van der Waals surface area contributed by atoms with Crippen LogP contribution < -0.4 is 5.32 Å². The van der Waals surface area contributed by atoms with Crippen LogP contribution in [0.5, 0.6) is 0 Å². The molecule has 1 saturated carbocycles. The van der Waals surface area contributed by atoms with E-state index < -0.39 is 5.95 Å². The molecule has 2 atom stereocenters. The van der Waals surface area contributed by atoms with E-state index in [-0.39, 0.29) is 17.6 Å². The molecule has 1 amide bonds. The van der Waals surface area contributed by atoms with E-state index in [9.17, 15) is 9.18 Å². The second kappa shape index (κ2) is 3.36. The van der Waals surface area contributed by atoms with Crippen LogP contribution >= 0.6 is 0 Å². The molecular weight excluding hydrogens is 183 g/mol. The molecule has 2 unspecified atom stereocenters. The number of hydrogen-bond acceptors (Lipinski definition) is 2. The van der Waals surface area contributed by atoms with E-state index >= 15 is 0 Å². The molecule has 3 nitrogen and oxygen atoms in total. The zero-order chi connectivity index (χ0) is 10.1. The lowest BCUT2D eigenvalue weighted by Crippen LogP contribution is -2.27. The summed E-state index contributed by atoms with van der Waals surface area (Å²) in [7, 11) is 0. The third kappa shape index (κ3) is 1.89. The van der Waals surface area contributed by atoms with Gasteiger partial charge in [-0.15, -0.1) is 0 Å². The van der Waals surface area contributed by atoms with E-state index in [0.29, 0.717) is 5.92 Å². The Morgan fingerprint density at radius 1 is 1.64 bits per heavy atom. The number of aromatic nitrogens is 1. The van der Waals surface area contributed by atoms with Crippen molar-refractivity contribution in [3.05, 3.63) is 29.8 Å². The molecule has 1 N–H and O–H groups in total. The lowest BCUT2D eigenvalue weighted by Gasteiger charge is -2.02. The fourth-order valence-electron chi connectivity index (χ4n) is 1.30. The van der Waals surface area contributed by atoms with Crippen molar-refractivity contribution in [3.8, 4) is 0 Å². The Kier molecular flexibility index (Phi) is 2.19. The summed E-state index contributed by atoms with van der Waals surface area (Å²) in [6.07, 6.45) is 1.00. The molecule has 0 saturated heterocycles. The fourth-order valence-corrected chi connectivity index (χ4v) is 1.30. The van der Waals surface area contributed by atoms with Crippen molar-refractivity contribution in [1.82, 2.24) is 10.3 Å². The van der Waals surface area contributed by atoms with Gasteiger partial charge >= 0.3 is 0 Å². The zero-order valence-electron chi connectivity index (χ0n) is 7.83. The minimum atomic E-state index is -0.624. The third-order valence-electron chi connectivity index (χ3n) is 2.37. The van der Waals surface area contributed by atoms with Gasteiger partial charge in [0, 0.05) is 6.04 Å². The highest BCUT2D eigenvalue weighted by Crippen LogP contribution is 2.29. The van der Waals surface area contributed by atoms with Crippen LogP contribution in [-0.2, 0) is 0 Å². The Balaban J connectivity index is 2.03. The van der Waals surface area contributed by atoms with E-state index in [1.165, 1.54) is 18.2 Å². The van der Waals surface area contributed by atoms with Gasteiger partial charge in [-0.3, -0.25) is 4.79 Å². The van der Waals surface area contributed by atoms with Gasteiger partial charge in [0.1, 0.15) is 5.69 Å². The lowest BCUT2D eigenvalue weighted by atomic mass is 10.3. The second-order valence-electron chi connectivity index (χ2n) is 3.64. The summed E-state index contributed by atoms with van der Waals surface area (Å²) >= 11 is 0. The first kappa shape index (κ1) is 9.12. The second-order valence-corrected chi connectivity index (χ2v) is 3.64. The van der Waals surface area contributed by atoms with Gasteiger partial charge in [0.2, 0.25) is 5.95 Å². The molecule has 2 rings (SSSR count). The predicted octanol–water partition coefficient (Wildman–Crippen LogP) is 1.36. The molecule has 0 spiro atoms. The van der Waals surface area contributed by atoms with Crippen molar-refractivity contribution in [2.45, 2.75) is 19.4 Å². The highest BCUT2D eigenvalue weighted by Gasteiger charge is 2.34. The monoisotopic (exact) mass is 194 g/mol. The van der Waals surface area contributed by atoms with Gasteiger partial charge in [0.05, 0.1) is 0 Å². The summed E-state index contributed by atoms with van der Waals surface area (Å²) in [5.41, 5.74) is 0.143. The standard InChI is InChI=1S/C10H11FN2O/c1-6-5-8(6)13-10(14)7-3-2-4-9(11)12-7/h2-4,6,8H,5H2,1H3,(H,13,14). The quantitative estimate of drug-likeness (QED) is 0.722. The van der Waals surface area contributed by atoms with Gasteiger partial charge in [-0.05, 0) is 24.5 Å². The van der Waals surface area contributed by atoms with Crippen LogP contribution in [0.2, 0.25) is 0 Å². The molecule has 1 aliphatic carbocycles. The Morgan fingerprint density at radius 2 is 2.36 bits per heavy atom. The number of carbonyl (C=O) groups excluding carboxylic acids is 1. The number of amides is 1. The molecule has 0 aromatic carbocycles. The molecule has 0 bridgehead atoms. The maximum absolute atomic E-state index is 12.7. The van der Waals surface area contributed by atoms with Crippen LogP contribution in [0, 0.1) is 11.9 Å². The van der Waals surface area contributed by atoms with Crippen LogP contribution in [-0.4, -0.2) is 16.9 Å². The van der Waals surface area contributed by atoms with Crippen LogP contribution in [0.4, 0.5) is 4.39 Å². The predicted molar refractivity (Wildman–Crippen MR) is 49.2 cm³/mol. The Labute approximate surface area is 81.3 Å². The smallest absolute Gasteiger partial charge is 0.270 e. The number of rotatable bonds is 2. The molecule has 4 heteroatoms. The van der Waals surface area contributed by atoms with Crippen molar-refractivity contribution in [3.63, 3.8) is 0 Å². The van der Waals surface area contributed by atoms with E-state index in [1.807, 2.05) is 0 Å². The van der Waals surface area contributed by atoms with Gasteiger partial charge < -0.3 is 5.32 Å². The summed E-state index contributed by atoms with van der Waals surface area (Å²) < 4.78 is 12.7. The Bertz CT molecular complexity index is 367. The van der Waals surface area contributed by atoms with Crippen LogP contribution in [0.3, 0.4) is 0 Å². The minimum Gasteiger partial charge on any atom is -0.348 e. The molecule has 1 aromatic rings. The summed E-state index contributed by atoms with van der Waals surface area (Å²) in [6, 6.07) is 4.45. The Morgan fingerprint density at radius 3 is 2.93 bits per heavy atom. The number of halogens is 1. The zero-order valence-corrected chi connectivity index (χ0v) is 7.83. The molecule has 1 aromatic heterocycles. The number of nitrogens with zero attached hydrogens (tertiary/aromatic N) is 1. The van der Waals surface area contributed by atoms with E-state index in [4.69, 9.17) is 0 Å². The van der Waals surface area contributed by atoms with Crippen molar-refractivity contribution < 1.29 is 9.18 Å². The summed E-state index contributed by atoms with van der Waals surface area (Å²) in [4.78, 5) is 15.0. The van der Waals surface area contributed by atoms with Crippen LogP contribution in [0.25, 0.3) is 0 Å². The number of hydrogen-bond donors (Lipinski definition) is 1. The number of pyridine rings is 1. The molecule has 1 aliphatic rings. The summed E-state index contributed by atoms with van der Waals surface area (Å²) in [5.74, 6) is -0.382. The molecular formula is C10H11FN2O. The highest BCUT2D eigenvalue weighted by molar-refractivity contribution is 5.92. The topological polar surface area (TPSA) is 42.0 Å². The summed E-state index contributed by atoms with van der Waals surface area (Å²) in [6.45, 7) is 2.06. The molecule has 0 radical (unpaired) electrons. The van der Waals surface area contributed by atoms with Gasteiger partial charge in [-0.1, -0.05) is 13.0 Å². The third-order valence-corrected chi connectivity index (χ3v) is 2.37. The number of nitrogens with one attached hydrogen (secondary N) is 1. The van der Waals surface area contributed by atoms with Crippen LogP contribution in [0.1, 0.15) is 23.8 Å². The van der Waals surface area contributed by atoms with Crippen molar-refractivity contribution in [2.75, 3.05) is 0 Å². The molecule has 0 aliphatic heterocycles. The summed E-state index contributed by atoms with van der Waals surface area (Å²) in [5, 5.41) is 2.78. The normalized spacial score (nSPS) is 24.4.